The average molecular weight is 499 g/mol. The summed E-state index contributed by atoms with van der Waals surface area (Å²) in [5.41, 5.74) is 3.30. The summed E-state index contributed by atoms with van der Waals surface area (Å²) in [5, 5.41) is 13.7. The molecular formula is C24H23ClN4O4S. The number of anilines is 1. The summed E-state index contributed by atoms with van der Waals surface area (Å²) in [5.74, 6) is 0.162. The molecule has 0 aliphatic carbocycles. The molecule has 1 amide bonds. The van der Waals surface area contributed by atoms with Crippen molar-refractivity contribution in [3.63, 3.8) is 0 Å². The van der Waals surface area contributed by atoms with Crippen molar-refractivity contribution in [2.75, 3.05) is 17.6 Å². The Morgan fingerprint density at radius 3 is 2.44 bits per heavy atom. The fourth-order valence-corrected chi connectivity index (χ4v) is 4.16. The lowest BCUT2D eigenvalue weighted by Crippen LogP contribution is -2.27. The van der Waals surface area contributed by atoms with Crippen molar-refractivity contribution in [1.82, 2.24) is 14.7 Å². The Morgan fingerprint density at radius 2 is 1.76 bits per heavy atom. The van der Waals surface area contributed by atoms with E-state index in [4.69, 9.17) is 11.6 Å². The molecule has 3 aromatic carbocycles. The maximum Gasteiger partial charge on any atom is 0.257 e. The maximum atomic E-state index is 13.0. The van der Waals surface area contributed by atoms with E-state index >= 15 is 0 Å². The van der Waals surface area contributed by atoms with Crippen LogP contribution < -0.4 is 10.0 Å². The fraction of sp³-hybridized carbons (Fsp3) is 0.167. The van der Waals surface area contributed by atoms with Gasteiger partial charge in [0.05, 0.1) is 11.3 Å². The highest BCUT2D eigenvalue weighted by Gasteiger charge is 2.17. The molecule has 0 aliphatic heterocycles. The van der Waals surface area contributed by atoms with Crippen molar-refractivity contribution < 1.29 is 18.3 Å². The van der Waals surface area contributed by atoms with Gasteiger partial charge in [0.2, 0.25) is 10.0 Å². The number of fused-ring (bicyclic) bond motifs is 1. The summed E-state index contributed by atoms with van der Waals surface area (Å²) < 4.78 is 25.6. The zero-order valence-corrected chi connectivity index (χ0v) is 19.9. The van der Waals surface area contributed by atoms with Crippen LogP contribution in [0.5, 0.6) is 5.75 Å². The van der Waals surface area contributed by atoms with Gasteiger partial charge in [0.25, 0.3) is 5.91 Å². The molecule has 0 saturated carbocycles. The van der Waals surface area contributed by atoms with Crippen LogP contribution >= 0.6 is 11.6 Å². The first-order chi connectivity index (χ1) is 16.3. The predicted molar refractivity (Wildman–Crippen MR) is 134 cm³/mol. The van der Waals surface area contributed by atoms with Crippen molar-refractivity contribution in [3.8, 4) is 17.1 Å². The molecule has 0 unspecified atom stereocenters. The first kappa shape index (κ1) is 23.7. The lowest BCUT2D eigenvalue weighted by Gasteiger charge is -2.08. The number of carbonyl (C=O) groups excluding carboxylic acids is 1. The largest absolute Gasteiger partial charge is 0.506 e. The Labute approximate surface area is 202 Å². The molecule has 10 heteroatoms. The number of phenols is 1. The molecule has 4 rings (SSSR count). The topological polar surface area (TPSA) is 124 Å². The van der Waals surface area contributed by atoms with Gasteiger partial charge in [-0.3, -0.25) is 4.79 Å². The predicted octanol–water partition coefficient (Wildman–Crippen LogP) is 4.32. The third-order valence-electron chi connectivity index (χ3n) is 5.31. The normalized spacial score (nSPS) is 11.6. The quantitative estimate of drug-likeness (QED) is 0.288. The molecule has 0 spiro atoms. The van der Waals surface area contributed by atoms with Crippen molar-refractivity contribution >= 4 is 44.3 Å². The van der Waals surface area contributed by atoms with Crippen LogP contribution in [0.4, 0.5) is 5.69 Å². The number of benzene rings is 3. The molecule has 34 heavy (non-hydrogen) atoms. The second kappa shape index (κ2) is 9.84. The zero-order chi connectivity index (χ0) is 24.3. The molecule has 1 aromatic heterocycles. The van der Waals surface area contributed by atoms with E-state index < -0.39 is 10.0 Å². The number of phenolic OH excluding ortho intramolecular Hbond substituents is 1. The van der Waals surface area contributed by atoms with E-state index in [2.05, 4.69) is 20.0 Å². The summed E-state index contributed by atoms with van der Waals surface area (Å²) in [4.78, 5) is 20.6. The molecule has 4 N–H and O–H groups in total. The lowest BCUT2D eigenvalue weighted by atomic mass is 10.1. The average Bonchev–Trinajstić information content (AvgIpc) is 3.27. The Hall–Kier alpha value is -3.40. The van der Waals surface area contributed by atoms with E-state index in [0.717, 1.165) is 11.1 Å². The standard InChI is InChI=1S/C24H23ClN4O4S/c1-2-34(32,33)26-14-13-15-3-9-18(10-4-15)27-24(31)19-11-12-20(30)22-21(19)28-23(29-22)16-5-7-17(25)8-6-16/h3-12,26,30H,2,13-14H2,1H3,(H,27,31)(H,28,29). The molecule has 176 valence electrons. The lowest BCUT2D eigenvalue weighted by molar-refractivity contribution is 0.102. The van der Waals surface area contributed by atoms with Gasteiger partial charge in [0.15, 0.2) is 0 Å². The Morgan fingerprint density at radius 1 is 1.06 bits per heavy atom. The number of hydrogen-bond donors (Lipinski definition) is 4. The number of carbonyl (C=O) groups is 1. The Balaban J connectivity index is 1.50. The van der Waals surface area contributed by atoms with Crippen LogP contribution in [0, 0.1) is 0 Å². The first-order valence-electron chi connectivity index (χ1n) is 10.6. The number of sulfonamides is 1. The highest BCUT2D eigenvalue weighted by atomic mass is 35.5. The van der Waals surface area contributed by atoms with Crippen molar-refractivity contribution in [2.45, 2.75) is 13.3 Å². The summed E-state index contributed by atoms with van der Waals surface area (Å²) >= 11 is 5.95. The van der Waals surface area contributed by atoms with Gasteiger partial charge < -0.3 is 15.4 Å². The van der Waals surface area contributed by atoms with Crippen molar-refractivity contribution in [3.05, 3.63) is 76.8 Å². The number of aromatic nitrogens is 2. The molecule has 8 nitrogen and oxygen atoms in total. The van der Waals surface area contributed by atoms with Crippen molar-refractivity contribution in [2.24, 2.45) is 0 Å². The number of rotatable bonds is 8. The number of H-pyrrole nitrogens is 1. The van der Waals surface area contributed by atoms with E-state index in [1.54, 1.807) is 43.3 Å². The molecular weight excluding hydrogens is 476 g/mol. The van der Waals surface area contributed by atoms with Crippen LogP contribution in [0.15, 0.2) is 60.7 Å². The van der Waals surface area contributed by atoms with Gasteiger partial charge in [-0.2, -0.15) is 0 Å². The SMILES string of the molecule is CCS(=O)(=O)NCCc1ccc(NC(=O)c2ccc(O)c3[nH]c(-c4ccc(Cl)cc4)nc23)cc1. The molecule has 0 bridgehead atoms. The molecule has 0 fully saturated rings. The van der Waals surface area contributed by atoms with Gasteiger partial charge in [-0.05, 0) is 67.4 Å². The minimum atomic E-state index is -3.22. The minimum Gasteiger partial charge on any atom is -0.506 e. The van der Waals surface area contributed by atoms with Crippen LogP contribution in [0.2, 0.25) is 5.02 Å². The van der Waals surface area contributed by atoms with Gasteiger partial charge in [0.1, 0.15) is 22.6 Å². The maximum absolute atomic E-state index is 13.0. The monoisotopic (exact) mass is 498 g/mol. The zero-order valence-electron chi connectivity index (χ0n) is 18.3. The van der Waals surface area contributed by atoms with Gasteiger partial charge in [-0.1, -0.05) is 23.7 Å². The summed E-state index contributed by atoms with van der Waals surface area (Å²) in [6, 6.07) is 17.2. The third-order valence-corrected chi connectivity index (χ3v) is 6.97. The molecule has 0 saturated heterocycles. The van der Waals surface area contributed by atoms with Gasteiger partial charge in [0, 0.05) is 22.8 Å². The molecule has 0 aliphatic rings. The van der Waals surface area contributed by atoms with E-state index in [-0.39, 0.29) is 17.4 Å². The summed E-state index contributed by atoms with van der Waals surface area (Å²) in [7, 11) is -3.22. The molecule has 0 atom stereocenters. The van der Waals surface area contributed by atoms with Crippen LogP contribution in [0.3, 0.4) is 0 Å². The minimum absolute atomic E-state index is 0.0117. The number of amides is 1. The number of halogens is 1. The smallest absolute Gasteiger partial charge is 0.257 e. The molecule has 4 aromatic rings. The van der Waals surface area contributed by atoms with E-state index in [1.807, 2.05) is 12.1 Å². The first-order valence-corrected chi connectivity index (χ1v) is 12.6. The van der Waals surface area contributed by atoms with Crippen LogP contribution in [-0.4, -0.2) is 41.7 Å². The number of hydrogen-bond acceptors (Lipinski definition) is 5. The number of nitrogens with one attached hydrogen (secondary N) is 3. The Kier molecular flexibility index (Phi) is 6.87. The van der Waals surface area contributed by atoms with E-state index in [0.29, 0.717) is 46.1 Å². The molecule has 1 heterocycles. The van der Waals surface area contributed by atoms with Gasteiger partial charge >= 0.3 is 0 Å². The number of aromatic amines is 1. The number of nitrogens with zero attached hydrogens (tertiary/aromatic N) is 1. The highest BCUT2D eigenvalue weighted by Crippen LogP contribution is 2.30. The molecule has 0 radical (unpaired) electrons. The van der Waals surface area contributed by atoms with Crippen LogP contribution in [0.25, 0.3) is 22.4 Å². The van der Waals surface area contributed by atoms with Gasteiger partial charge in [-0.25, -0.2) is 18.1 Å². The van der Waals surface area contributed by atoms with Crippen LogP contribution in [0.1, 0.15) is 22.8 Å². The second-order valence-electron chi connectivity index (χ2n) is 7.65. The number of imidazole rings is 1. The summed E-state index contributed by atoms with van der Waals surface area (Å²) in [6.07, 6.45) is 0.535. The summed E-state index contributed by atoms with van der Waals surface area (Å²) in [6.45, 7) is 1.89. The number of aromatic hydroxyl groups is 1. The Bertz CT molecular complexity index is 1430. The highest BCUT2D eigenvalue weighted by molar-refractivity contribution is 7.89. The second-order valence-corrected chi connectivity index (χ2v) is 10.2. The van der Waals surface area contributed by atoms with Crippen LogP contribution in [-0.2, 0) is 16.4 Å². The van der Waals surface area contributed by atoms with E-state index in [1.165, 1.54) is 12.1 Å². The third kappa shape index (κ3) is 5.39. The van der Waals surface area contributed by atoms with Crippen molar-refractivity contribution in [1.29, 1.82) is 0 Å². The fourth-order valence-electron chi connectivity index (χ4n) is 3.41. The van der Waals surface area contributed by atoms with E-state index in [9.17, 15) is 18.3 Å². The van der Waals surface area contributed by atoms with Gasteiger partial charge in [-0.15, -0.1) is 0 Å².